The van der Waals surface area contributed by atoms with Gasteiger partial charge in [-0.2, -0.15) is 0 Å². The molecule has 1 spiro atoms. The molecule has 272 valence electrons. The summed E-state index contributed by atoms with van der Waals surface area (Å²) in [5.41, 5.74) is -0.232. The minimum Gasteiger partial charge on any atom is -0.387 e. The number of hydrogen-bond donors (Lipinski definition) is 3. The average Bonchev–Trinajstić information content (AvgIpc) is 4.00. The third kappa shape index (κ3) is 8.19. The Hall–Kier alpha value is -3.47. The molecule has 2 heterocycles. The highest BCUT2D eigenvalue weighted by Crippen LogP contribution is 2.49. The smallest absolute Gasteiger partial charge is 0.289 e. The van der Waals surface area contributed by atoms with Gasteiger partial charge in [0.15, 0.2) is 5.60 Å². The topological polar surface area (TPSA) is 146 Å². The molecular formula is C38H52ClN5O6. The van der Waals surface area contributed by atoms with Gasteiger partial charge in [0.05, 0.1) is 18.3 Å². The molecule has 3 saturated carbocycles. The normalized spacial score (nSPS) is 27.6. The molecule has 4 amide bonds. The Morgan fingerprint density at radius 2 is 1.78 bits per heavy atom. The Bertz CT molecular complexity index is 1530. The van der Waals surface area contributed by atoms with E-state index in [1.807, 2.05) is 39.8 Å². The van der Waals surface area contributed by atoms with Crippen molar-refractivity contribution in [2.75, 3.05) is 6.54 Å². The molecule has 1 aromatic rings. The van der Waals surface area contributed by atoms with Crippen molar-refractivity contribution < 1.29 is 28.8 Å². The van der Waals surface area contributed by atoms with E-state index in [0.717, 1.165) is 37.7 Å². The molecule has 3 aliphatic carbocycles. The summed E-state index contributed by atoms with van der Waals surface area (Å²) in [7, 11) is 0. The minimum atomic E-state index is -1.03. The van der Waals surface area contributed by atoms with Crippen LogP contribution in [0.2, 0.25) is 5.02 Å². The monoisotopic (exact) mass is 709 g/mol. The molecule has 0 bridgehead atoms. The van der Waals surface area contributed by atoms with E-state index in [4.69, 9.17) is 16.4 Å². The SMILES string of the molecule is CCC[C@H](NC(=O)[C@@H]1C[C@]2(CC(c3cccc(Cl)c3)=NO2)CN1C(=O)[C@@H](NC(=O)[C@H]1C[C@@H]1C1CCCCC1)C(C)(C)C)C(=O)C(=O)NC1CC1. The van der Waals surface area contributed by atoms with Crippen molar-refractivity contribution in [2.45, 2.75) is 135 Å². The molecule has 12 heteroatoms. The fourth-order valence-electron chi connectivity index (χ4n) is 8.08. The van der Waals surface area contributed by atoms with Gasteiger partial charge in [0.1, 0.15) is 12.1 Å². The number of likely N-dealkylation sites (tertiary alicyclic amines) is 1. The number of carbonyl (C=O) groups excluding carboxylic acids is 5. The van der Waals surface area contributed by atoms with Crippen molar-refractivity contribution in [1.82, 2.24) is 20.9 Å². The molecule has 5 aliphatic rings. The lowest BCUT2D eigenvalue weighted by Gasteiger charge is -2.36. The lowest BCUT2D eigenvalue weighted by atomic mass is 9.84. The molecule has 50 heavy (non-hydrogen) atoms. The second-order valence-corrected chi connectivity index (χ2v) is 16.8. The van der Waals surface area contributed by atoms with Crippen LogP contribution < -0.4 is 16.0 Å². The summed E-state index contributed by atoms with van der Waals surface area (Å²) in [6, 6.07) is 4.31. The second-order valence-electron chi connectivity index (χ2n) is 16.4. The Kier molecular flexibility index (Phi) is 10.6. The first kappa shape index (κ1) is 36.3. The fourth-order valence-corrected chi connectivity index (χ4v) is 8.27. The molecule has 0 radical (unpaired) electrons. The second kappa shape index (κ2) is 14.6. The van der Waals surface area contributed by atoms with E-state index >= 15 is 0 Å². The standard InChI is InChI=1S/C38H52ClN5O6/c1-5-10-28(31(45)35(48)40-25-15-16-25)41-34(47)30-20-38(19-29(43-50-38)23-13-9-14-24(39)17-23)21-44(30)36(49)32(37(2,3)4)42-33(46)27-18-26(27)22-11-7-6-8-12-22/h9,13-14,17,22,25-28,30,32H,5-8,10-12,15-16,18-21H2,1-4H3,(H,40,48)(H,41,47)(H,42,46)/t26-,27+,28+,30+,32-,38-/m1/s1. The summed E-state index contributed by atoms with van der Waals surface area (Å²) in [5, 5.41) is 13.6. The van der Waals surface area contributed by atoms with Crippen LogP contribution in [0.25, 0.3) is 0 Å². The van der Waals surface area contributed by atoms with Crippen molar-refractivity contribution >= 4 is 46.7 Å². The Labute approximate surface area is 300 Å². The van der Waals surface area contributed by atoms with E-state index in [1.54, 1.807) is 12.1 Å². The number of carbonyl (C=O) groups is 5. The molecule has 4 fully saturated rings. The van der Waals surface area contributed by atoms with Crippen LogP contribution in [0.1, 0.15) is 110 Å². The van der Waals surface area contributed by atoms with Crippen molar-refractivity contribution in [3.8, 4) is 0 Å². The Balaban J connectivity index is 1.22. The number of nitrogens with zero attached hydrogens (tertiary/aromatic N) is 2. The number of hydrogen-bond acceptors (Lipinski definition) is 7. The van der Waals surface area contributed by atoms with Gasteiger partial charge in [0.25, 0.3) is 5.91 Å². The number of amides is 4. The van der Waals surface area contributed by atoms with Gasteiger partial charge < -0.3 is 25.7 Å². The van der Waals surface area contributed by atoms with E-state index < -0.39 is 46.7 Å². The maximum atomic E-state index is 14.7. The predicted molar refractivity (Wildman–Crippen MR) is 189 cm³/mol. The quantitative estimate of drug-likeness (QED) is 0.269. The zero-order valence-electron chi connectivity index (χ0n) is 29.8. The fraction of sp³-hybridized carbons (Fsp3) is 0.684. The van der Waals surface area contributed by atoms with Gasteiger partial charge in [0.2, 0.25) is 23.5 Å². The van der Waals surface area contributed by atoms with Crippen molar-refractivity contribution in [3.63, 3.8) is 0 Å². The van der Waals surface area contributed by atoms with Crippen LogP contribution in [0.3, 0.4) is 0 Å². The van der Waals surface area contributed by atoms with Crippen LogP contribution >= 0.6 is 11.6 Å². The minimum absolute atomic E-state index is 0.00133. The summed E-state index contributed by atoms with van der Waals surface area (Å²) < 4.78 is 0. The molecule has 6 rings (SSSR count). The van der Waals surface area contributed by atoms with Crippen LogP contribution in [0.4, 0.5) is 0 Å². The van der Waals surface area contributed by atoms with Crippen LogP contribution in [-0.2, 0) is 28.8 Å². The first-order chi connectivity index (χ1) is 23.8. The summed E-state index contributed by atoms with van der Waals surface area (Å²) in [6.07, 6.45) is 9.78. The molecule has 6 atom stereocenters. The number of benzene rings is 1. The molecule has 1 aromatic carbocycles. The van der Waals surface area contributed by atoms with Crippen LogP contribution in [0, 0.1) is 23.2 Å². The number of ketones is 1. The molecule has 3 N–H and O–H groups in total. The summed E-state index contributed by atoms with van der Waals surface area (Å²) in [5.74, 6) is -1.62. The Morgan fingerprint density at radius 3 is 2.44 bits per heavy atom. The van der Waals surface area contributed by atoms with Gasteiger partial charge in [-0.15, -0.1) is 0 Å². The first-order valence-electron chi connectivity index (χ1n) is 18.6. The summed E-state index contributed by atoms with van der Waals surface area (Å²) in [6.45, 7) is 7.65. The lowest BCUT2D eigenvalue weighted by molar-refractivity contribution is -0.145. The van der Waals surface area contributed by atoms with Gasteiger partial charge in [-0.25, -0.2) is 0 Å². The molecular weight excluding hydrogens is 658 g/mol. The maximum Gasteiger partial charge on any atom is 0.289 e. The van der Waals surface area contributed by atoms with E-state index in [9.17, 15) is 24.0 Å². The highest BCUT2D eigenvalue weighted by Gasteiger charge is 2.56. The summed E-state index contributed by atoms with van der Waals surface area (Å²) in [4.78, 5) is 76.0. The van der Waals surface area contributed by atoms with Crippen molar-refractivity contribution in [1.29, 1.82) is 0 Å². The Morgan fingerprint density at radius 1 is 1.04 bits per heavy atom. The van der Waals surface area contributed by atoms with Crippen molar-refractivity contribution in [3.05, 3.63) is 34.9 Å². The highest BCUT2D eigenvalue weighted by atomic mass is 35.5. The first-order valence-corrected chi connectivity index (χ1v) is 18.9. The lowest BCUT2D eigenvalue weighted by Crippen LogP contribution is -2.59. The zero-order chi connectivity index (χ0) is 35.8. The number of halogens is 1. The average molecular weight is 710 g/mol. The number of nitrogens with one attached hydrogen (secondary N) is 3. The largest absolute Gasteiger partial charge is 0.387 e. The number of Topliss-reactive ketones (excluding diaryl/α,β-unsaturated/α-hetero) is 1. The molecule has 0 unspecified atom stereocenters. The van der Waals surface area contributed by atoms with E-state index in [1.165, 1.54) is 24.2 Å². The number of rotatable bonds is 12. The van der Waals surface area contributed by atoms with Crippen LogP contribution in [0.15, 0.2) is 29.4 Å². The van der Waals surface area contributed by atoms with Crippen molar-refractivity contribution in [2.24, 2.45) is 28.3 Å². The van der Waals surface area contributed by atoms with Gasteiger partial charge in [-0.1, -0.05) is 95.1 Å². The molecule has 0 aromatic heterocycles. The zero-order valence-corrected chi connectivity index (χ0v) is 30.5. The van der Waals surface area contributed by atoms with Gasteiger partial charge in [-0.3, -0.25) is 24.0 Å². The van der Waals surface area contributed by atoms with Crippen LogP contribution in [-0.4, -0.2) is 76.3 Å². The van der Waals surface area contributed by atoms with E-state index in [2.05, 4.69) is 21.1 Å². The summed E-state index contributed by atoms with van der Waals surface area (Å²) >= 11 is 6.26. The van der Waals surface area contributed by atoms with Gasteiger partial charge in [-0.05, 0) is 55.1 Å². The number of oxime groups is 1. The molecule has 11 nitrogen and oxygen atoms in total. The third-order valence-electron chi connectivity index (χ3n) is 11.2. The highest BCUT2D eigenvalue weighted by molar-refractivity contribution is 6.38. The van der Waals surface area contributed by atoms with Gasteiger partial charge in [0, 0.05) is 35.4 Å². The maximum absolute atomic E-state index is 14.7. The molecule has 2 aliphatic heterocycles. The predicted octanol–water partition coefficient (Wildman–Crippen LogP) is 4.68. The third-order valence-corrected chi connectivity index (χ3v) is 11.4. The van der Waals surface area contributed by atoms with E-state index in [-0.39, 0.29) is 43.2 Å². The van der Waals surface area contributed by atoms with Gasteiger partial charge >= 0.3 is 0 Å². The van der Waals surface area contributed by atoms with E-state index in [0.29, 0.717) is 35.4 Å². The van der Waals surface area contributed by atoms with Crippen LogP contribution in [0.5, 0.6) is 0 Å². The molecule has 1 saturated heterocycles.